The van der Waals surface area contributed by atoms with Crippen LogP contribution in [0.4, 0.5) is 0 Å². The zero-order valence-electron chi connectivity index (χ0n) is 18.8. The van der Waals surface area contributed by atoms with Crippen LogP contribution in [0.25, 0.3) is 28.0 Å². The highest BCUT2D eigenvalue weighted by Crippen LogP contribution is 2.23. The molecule has 0 unspecified atom stereocenters. The van der Waals surface area contributed by atoms with E-state index in [-0.39, 0.29) is 5.56 Å². The lowest BCUT2D eigenvalue weighted by atomic mass is 10.1. The third-order valence-electron chi connectivity index (χ3n) is 6.24. The van der Waals surface area contributed by atoms with Gasteiger partial charge < -0.3 is 9.64 Å². The van der Waals surface area contributed by atoms with Crippen LogP contribution in [0.2, 0.25) is 0 Å². The van der Waals surface area contributed by atoms with Gasteiger partial charge in [-0.2, -0.15) is 0 Å². The molecule has 5 rings (SSSR count). The smallest absolute Gasteiger partial charge is 0.266 e. The molecule has 0 N–H and O–H groups in total. The molecule has 1 aromatic heterocycles. The van der Waals surface area contributed by atoms with Gasteiger partial charge >= 0.3 is 0 Å². The lowest BCUT2D eigenvalue weighted by molar-refractivity contribution is 0.205. The Kier molecular flexibility index (Phi) is 6.49. The van der Waals surface area contributed by atoms with E-state index in [2.05, 4.69) is 4.90 Å². The summed E-state index contributed by atoms with van der Waals surface area (Å²) in [6.45, 7) is 4.22. The second-order valence-electron chi connectivity index (χ2n) is 8.56. The van der Waals surface area contributed by atoms with E-state index in [1.165, 1.54) is 32.4 Å². The first-order chi connectivity index (χ1) is 16.3. The number of fused-ring (bicyclic) bond motifs is 1. The second kappa shape index (κ2) is 10.0. The molecule has 0 saturated carbocycles. The number of aromatic nitrogens is 2. The van der Waals surface area contributed by atoms with Crippen molar-refractivity contribution in [3.05, 3.63) is 89.2 Å². The highest BCUT2D eigenvalue weighted by atomic mass is 16.5. The van der Waals surface area contributed by atoms with Crippen molar-refractivity contribution < 1.29 is 4.74 Å². The van der Waals surface area contributed by atoms with E-state index < -0.39 is 0 Å². The largest absolute Gasteiger partial charge is 0.494 e. The molecule has 0 radical (unpaired) electrons. The quantitative estimate of drug-likeness (QED) is 0.366. The van der Waals surface area contributed by atoms with E-state index in [0.29, 0.717) is 23.3 Å². The lowest BCUT2D eigenvalue weighted by Crippen LogP contribution is -2.31. The maximum absolute atomic E-state index is 13.5. The average molecular weight is 440 g/mol. The molecule has 2 heterocycles. The molecule has 0 atom stereocenters. The third kappa shape index (κ3) is 4.83. The van der Waals surface area contributed by atoms with Crippen LogP contribution in [0.15, 0.2) is 83.7 Å². The molecular weight excluding hydrogens is 410 g/mol. The van der Waals surface area contributed by atoms with E-state index in [4.69, 9.17) is 9.72 Å². The summed E-state index contributed by atoms with van der Waals surface area (Å²) in [4.78, 5) is 20.8. The number of ether oxygens (including phenoxy) is 1. The highest BCUT2D eigenvalue weighted by Gasteiger charge is 2.14. The molecule has 1 aliphatic rings. The number of hydrogen-bond donors (Lipinski definition) is 0. The van der Waals surface area contributed by atoms with Crippen molar-refractivity contribution in [2.24, 2.45) is 0 Å². The van der Waals surface area contributed by atoms with Gasteiger partial charge in [-0.25, -0.2) is 4.98 Å². The minimum absolute atomic E-state index is 0.0744. The van der Waals surface area contributed by atoms with Crippen molar-refractivity contribution >= 4 is 10.9 Å². The van der Waals surface area contributed by atoms with E-state index in [9.17, 15) is 4.79 Å². The molecule has 5 heteroatoms. The summed E-state index contributed by atoms with van der Waals surface area (Å²) in [7, 11) is 0. The summed E-state index contributed by atoms with van der Waals surface area (Å²) in [5, 5.41) is 0.607. The number of para-hydroxylation sites is 1. The average Bonchev–Trinajstić information content (AvgIpc) is 2.88. The maximum atomic E-state index is 13.5. The Bertz CT molecular complexity index is 1260. The molecule has 3 aromatic carbocycles. The van der Waals surface area contributed by atoms with E-state index in [0.717, 1.165) is 30.0 Å². The number of likely N-dealkylation sites (tertiary alicyclic amines) is 1. The highest BCUT2D eigenvalue weighted by molar-refractivity contribution is 5.80. The molecule has 168 valence electrons. The standard InChI is InChI=1S/C28H29N3O2/c32-28-25-12-5-6-13-26(25)29-27(22-10-3-1-4-11-22)31(28)23-14-16-24(17-15-23)33-21-9-20-30-18-7-2-8-19-30/h1,3-6,10-17H,2,7-9,18-21H2. The van der Waals surface area contributed by atoms with Gasteiger partial charge in [-0.15, -0.1) is 0 Å². The van der Waals surface area contributed by atoms with Gasteiger partial charge in [0.05, 0.1) is 23.2 Å². The zero-order valence-corrected chi connectivity index (χ0v) is 18.8. The Labute approximate surface area is 194 Å². The SMILES string of the molecule is O=c1c2ccccc2nc(-c2ccccc2)n1-c1ccc(OCCCN2CCCCC2)cc1. The van der Waals surface area contributed by atoms with Gasteiger partial charge in [0.1, 0.15) is 11.6 Å². The molecule has 0 spiro atoms. The van der Waals surface area contributed by atoms with Gasteiger partial charge in [-0.3, -0.25) is 9.36 Å². The first-order valence-electron chi connectivity index (χ1n) is 11.8. The second-order valence-corrected chi connectivity index (χ2v) is 8.56. The third-order valence-corrected chi connectivity index (χ3v) is 6.24. The maximum Gasteiger partial charge on any atom is 0.266 e. The topological polar surface area (TPSA) is 47.4 Å². The van der Waals surface area contributed by atoms with Crippen molar-refractivity contribution in [1.82, 2.24) is 14.5 Å². The Morgan fingerprint density at radius 3 is 2.33 bits per heavy atom. The number of piperidine rings is 1. The molecular formula is C28H29N3O2. The van der Waals surface area contributed by atoms with Crippen molar-refractivity contribution in [1.29, 1.82) is 0 Å². The lowest BCUT2D eigenvalue weighted by Gasteiger charge is -2.26. The normalized spacial score (nSPS) is 14.4. The van der Waals surface area contributed by atoms with Crippen LogP contribution in [0.5, 0.6) is 5.75 Å². The molecule has 0 bridgehead atoms. The minimum atomic E-state index is -0.0744. The summed E-state index contributed by atoms with van der Waals surface area (Å²) < 4.78 is 7.67. The molecule has 1 aliphatic heterocycles. The van der Waals surface area contributed by atoms with E-state index >= 15 is 0 Å². The van der Waals surface area contributed by atoms with Crippen LogP contribution < -0.4 is 10.3 Å². The molecule has 0 aliphatic carbocycles. The predicted octanol–water partition coefficient (Wildman–Crippen LogP) is 5.31. The van der Waals surface area contributed by atoms with E-state index in [1.54, 1.807) is 4.57 Å². The van der Waals surface area contributed by atoms with Crippen molar-refractivity contribution in [2.75, 3.05) is 26.2 Å². The van der Waals surface area contributed by atoms with Gasteiger partial charge in [0.2, 0.25) is 0 Å². The van der Waals surface area contributed by atoms with Gasteiger partial charge in [-0.05, 0) is 68.8 Å². The Hall–Kier alpha value is -3.44. The van der Waals surface area contributed by atoms with Gasteiger partial charge in [0.25, 0.3) is 5.56 Å². The van der Waals surface area contributed by atoms with Gasteiger partial charge in [-0.1, -0.05) is 48.9 Å². The van der Waals surface area contributed by atoms with Crippen LogP contribution in [-0.4, -0.2) is 40.7 Å². The monoisotopic (exact) mass is 439 g/mol. The summed E-state index contributed by atoms with van der Waals surface area (Å²) >= 11 is 0. The summed E-state index contributed by atoms with van der Waals surface area (Å²) in [6, 6.07) is 25.1. The first kappa shape index (κ1) is 21.4. The minimum Gasteiger partial charge on any atom is -0.494 e. The van der Waals surface area contributed by atoms with Gasteiger partial charge in [0, 0.05) is 12.1 Å². The number of benzene rings is 3. The fraction of sp³-hybridized carbons (Fsp3) is 0.286. The Morgan fingerprint density at radius 1 is 0.818 bits per heavy atom. The van der Waals surface area contributed by atoms with Crippen LogP contribution in [-0.2, 0) is 0 Å². The molecule has 0 amide bonds. The number of hydrogen-bond acceptors (Lipinski definition) is 4. The summed E-state index contributed by atoms with van der Waals surface area (Å²) in [5.74, 6) is 1.45. The van der Waals surface area contributed by atoms with Crippen LogP contribution in [0.1, 0.15) is 25.7 Å². The van der Waals surface area contributed by atoms with Crippen LogP contribution in [0, 0.1) is 0 Å². The summed E-state index contributed by atoms with van der Waals surface area (Å²) in [5.41, 5.74) is 2.30. The Balaban J connectivity index is 1.38. The number of rotatable bonds is 7. The Morgan fingerprint density at radius 2 is 1.55 bits per heavy atom. The van der Waals surface area contributed by atoms with Gasteiger partial charge in [0.15, 0.2) is 0 Å². The van der Waals surface area contributed by atoms with E-state index in [1.807, 2.05) is 78.9 Å². The van der Waals surface area contributed by atoms with Crippen LogP contribution >= 0.6 is 0 Å². The first-order valence-corrected chi connectivity index (χ1v) is 11.8. The fourth-order valence-electron chi connectivity index (χ4n) is 4.51. The fourth-order valence-corrected chi connectivity index (χ4v) is 4.51. The van der Waals surface area contributed by atoms with Crippen LogP contribution in [0.3, 0.4) is 0 Å². The molecule has 1 saturated heterocycles. The molecule has 33 heavy (non-hydrogen) atoms. The zero-order chi connectivity index (χ0) is 22.5. The molecule has 5 nitrogen and oxygen atoms in total. The molecule has 1 fully saturated rings. The predicted molar refractivity (Wildman–Crippen MR) is 133 cm³/mol. The van der Waals surface area contributed by atoms with Crippen molar-refractivity contribution in [2.45, 2.75) is 25.7 Å². The summed E-state index contributed by atoms with van der Waals surface area (Å²) in [6.07, 6.45) is 5.02. The van der Waals surface area contributed by atoms with Crippen molar-refractivity contribution in [3.8, 4) is 22.8 Å². The van der Waals surface area contributed by atoms with Crippen molar-refractivity contribution in [3.63, 3.8) is 0 Å². The number of nitrogens with zero attached hydrogens (tertiary/aromatic N) is 3. The molecule has 4 aromatic rings.